The van der Waals surface area contributed by atoms with Gasteiger partial charge in [-0.1, -0.05) is 0 Å². The molecule has 0 radical (unpaired) electrons. The SMILES string of the molecule is CC(C)(C)NC(=O)OCCN1CCN(c2ncc(C(F)(F)F)cn2)CC1. The molecule has 1 aromatic rings. The molecule has 1 amide bonds. The monoisotopic (exact) mass is 375 g/mol. The number of halogens is 3. The molecule has 0 saturated carbocycles. The third-order valence-corrected chi connectivity index (χ3v) is 3.74. The Morgan fingerprint density at radius 1 is 1.15 bits per heavy atom. The molecule has 10 heteroatoms. The van der Waals surface area contributed by atoms with Crippen LogP contribution in [-0.4, -0.2) is 65.8 Å². The van der Waals surface area contributed by atoms with Gasteiger partial charge in [-0.05, 0) is 20.8 Å². The Morgan fingerprint density at radius 3 is 2.23 bits per heavy atom. The number of aromatic nitrogens is 2. The lowest BCUT2D eigenvalue weighted by Crippen LogP contribution is -2.48. The van der Waals surface area contributed by atoms with E-state index < -0.39 is 17.8 Å². The first-order chi connectivity index (χ1) is 12.0. The molecular formula is C16H24F3N5O2. The summed E-state index contributed by atoms with van der Waals surface area (Å²) in [6.07, 6.45) is -3.28. The van der Waals surface area contributed by atoms with Gasteiger partial charge in [-0.15, -0.1) is 0 Å². The van der Waals surface area contributed by atoms with Gasteiger partial charge in [0.15, 0.2) is 0 Å². The number of hydrogen-bond donors (Lipinski definition) is 1. The summed E-state index contributed by atoms with van der Waals surface area (Å²) in [5.41, 5.74) is -1.20. The average Bonchev–Trinajstić information content (AvgIpc) is 2.53. The van der Waals surface area contributed by atoms with Crippen molar-refractivity contribution in [1.82, 2.24) is 20.2 Å². The highest BCUT2D eigenvalue weighted by atomic mass is 19.4. The maximum Gasteiger partial charge on any atom is 0.419 e. The number of ether oxygens (including phenoxy) is 1. The molecule has 0 spiro atoms. The highest BCUT2D eigenvalue weighted by Crippen LogP contribution is 2.28. The van der Waals surface area contributed by atoms with Crippen LogP contribution in [-0.2, 0) is 10.9 Å². The standard InChI is InChI=1S/C16H24F3N5O2/c1-15(2,3)22-14(25)26-9-8-23-4-6-24(7-5-23)13-20-10-12(11-21-13)16(17,18)19/h10-11H,4-9H2,1-3H3,(H,22,25). The molecule has 0 bridgehead atoms. The molecule has 2 heterocycles. The fourth-order valence-electron chi connectivity index (χ4n) is 2.41. The number of anilines is 1. The van der Waals surface area contributed by atoms with Crippen LogP contribution in [0.2, 0.25) is 0 Å². The molecule has 0 atom stereocenters. The summed E-state index contributed by atoms with van der Waals surface area (Å²) in [7, 11) is 0. The van der Waals surface area contributed by atoms with Gasteiger partial charge in [-0.25, -0.2) is 14.8 Å². The van der Waals surface area contributed by atoms with Crippen LogP contribution in [0.5, 0.6) is 0 Å². The molecule has 1 aliphatic rings. The van der Waals surface area contributed by atoms with E-state index in [0.29, 0.717) is 38.7 Å². The van der Waals surface area contributed by atoms with Crippen molar-refractivity contribution in [3.05, 3.63) is 18.0 Å². The minimum Gasteiger partial charge on any atom is -0.448 e. The van der Waals surface area contributed by atoms with E-state index >= 15 is 0 Å². The maximum absolute atomic E-state index is 12.5. The van der Waals surface area contributed by atoms with Gasteiger partial charge in [0.05, 0.1) is 5.56 Å². The molecule has 1 aromatic heterocycles. The Bertz CT molecular complexity index is 593. The zero-order valence-electron chi connectivity index (χ0n) is 15.1. The van der Waals surface area contributed by atoms with Crippen molar-refractivity contribution in [2.75, 3.05) is 44.2 Å². The van der Waals surface area contributed by atoms with Gasteiger partial charge in [0.2, 0.25) is 5.95 Å². The quantitative estimate of drug-likeness (QED) is 0.870. The summed E-state index contributed by atoms with van der Waals surface area (Å²) >= 11 is 0. The lowest BCUT2D eigenvalue weighted by molar-refractivity contribution is -0.138. The van der Waals surface area contributed by atoms with Crippen molar-refractivity contribution >= 4 is 12.0 Å². The highest BCUT2D eigenvalue weighted by Gasteiger charge is 2.31. The van der Waals surface area contributed by atoms with E-state index in [4.69, 9.17) is 4.74 Å². The highest BCUT2D eigenvalue weighted by molar-refractivity contribution is 5.68. The van der Waals surface area contributed by atoms with Crippen molar-refractivity contribution in [2.45, 2.75) is 32.5 Å². The molecule has 1 saturated heterocycles. The second-order valence-electron chi connectivity index (χ2n) is 7.11. The largest absolute Gasteiger partial charge is 0.448 e. The number of amides is 1. The van der Waals surface area contributed by atoms with Gasteiger partial charge in [-0.3, -0.25) is 4.90 Å². The van der Waals surface area contributed by atoms with E-state index in [-0.39, 0.29) is 12.1 Å². The predicted octanol–water partition coefficient (Wildman–Crippen LogP) is 2.14. The van der Waals surface area contributed by atoms with Gasteiger partial charge in [-0.2, -0.15) is 13.2 Å². The fourth-order valence-corrected chi connectivity index (χ4v) is 2.41. The van der Waals surface area contributed by atoms with Crippen molar-refractivity contribution in [1.29, 1.82) is 0 Å². The number of carbonyl (C=O) groups is 1. The van der Waals surface area contributed by atoms with Crippen LogP contribution >= 0.6 is 0 Å². The first-order valence-corrected chi connectivity index (χ1v) is 8.36. The summed E-state index contributed by atoms with van der Waals surface area (Å²) in [6.45, 7) is 9.06. The molecule has 146 valence electrons. The van der Waals surface area contributed by atoms with Crippen LogP contribution in [0.3, 0.4) is 0 Å². The Balaban J connectivity index is 1.73. The third kappa shape index (κ3) is 6.32. The number of alkyl halides is 3. The number of piperazine rings is 1. The normalized spacial score (nSPS) is 16.5. The van der Waals surface area contributed by atoms with Crippen molar-refractivity contribution in [3.63, 3.8) is 0 Å². The van der Waals surface area contributed by atoms with Crippen molar-refractivity contribution in [2.24, 2.45) is 0 Å². The number of carbonyl (C=O) groups excluding carboxylic acids is 1. The van der Waals surface area contributed by atoms with Gasteiger partial charge in [0.1, 0.15) is 6.61 Å². The van der Waals surface area contributed by atoms with E-state index in [1.807, 2.05) is 25.7 Å². The molecule has 0 unspecified atom stereocenters. The van der Waals surface area contributed by atoms with Crippen LogP contribution in [0.15, 0.2) is 12.4 Å². The van der Waals surface area contributed by atoms with E-state index in [1.54, 1.807) is 0 Å². The summed E-state index contributed by atoms with van der Waals surface area (Å²) in [5, 5.41) is 2.72. The second kappa shape index (κ2) is 8.07. The summed E-state index contributed by atoms with van der Waals surface area (Å²) < 4.78 is 42.8. The smallest absolute Gasteiger partial charge is 0.419 e. The Kier molecular flexibility index (Phi) is 6.27. The fraction of sp³-hybridized carbons (Fsp3) is 0.688. The molecular weight excluding hydrogens is 351 g/mol. The van der Waals surface area contributed by atoms with E-state index in [1.165, 1.54) is 0 Å². The van der Waals surface area contributed by atoms with E-state index in [9.17, 15) is 18.0 Å². The summed E-state index contributed by atoms with van der Waals surface area (Å²) in [6, 6.07) is 0. The van der Waals surface area contributed by atoms with Crippen LogP contribution in [0.25, 0.3) is 0 Å². The Labute approximate surface area is 150 Å². The van der Waals surface area contributed by atoms with E-state index in [2.05, 4.69) is 20.2 Å². The topological polar surface area (TPSA) is 70.6 Å². The molecule has 2 rings (SSSR count). The Hall–Kier alpha value is -2.10. The number of rotatable bonds is 4. The lowest BCUT2D eigenvalue weighted by Gasteiger charge is -2.34. The average molecular weight is 375 g/mol. The van der Waals surface area contributed by atoms with Crippen LogP contribution in [0, 0.1) is 0 Å². The molecule has 0 aromatic carbocycles. The zero-order valence-corrected chi connectivity index (χ0v) is 15.1. The van der Waals surface area contributed by atoms with Crippen LogP contribution in [0.1, 0.15) is 26.3 Å². The minimum absolute atomic E-state index is 0.276. The number of nitrogens with one attached hydrogen (secondary N) is 1. The van der Waals surface area contributed by atoms with Crippen molar-refractivity contribution < 1.29 is 22.7 Å². The first-order valence-electron chi connectivity index (χ1n) is 8.36. The van der Waals surface area contributed by atoms with Gasteiger partial charge < -0.3 is 15.0 Å². The zero-order chi connectivity index (χ0) is 19.4. The summed E-state index contributed by atoms with van der Waals surface area (Å²) in [5.74, 6) is 0.290. The predicted molar refractivity (Wildman–Crippen MR) is 89.9 cm³/mol. The third-order valence-electron chi connectivity index (χ3n) is 3.74. The molecule has 26 heavy (non-hydrogen) atoms. The van der Waals surface area contributed by atoms with E-state index in [0.717, 1.165) is 12.4 Å². The van der Waals surface area contributed by atoms with Crippen molar-refractivity contribution in [3.8, 4) is 0 Å². The van der Waals surface area contributed by atoms with Gasteiger partial charge in [0, 0.05) is 50.7 Å². The van der Waals surface area contributed by atoms with Crippen LogP contribution in [0.4, 0.5) is 23.9 Å². The van der Waals surface area contributed by atoms with Crippen LogP contribution < -0.4 is 10.2 Å². The Morgan fingerprint density at radius 2 is 1.73 bits per heavy atom. The molecule has 1 N–H and O–H groups in total. The van der Waals surface area contributed by atoms with Gasteiger partial charge >= 0.3 is 12.3 Å². The molecule has 1 aliphatic heterocycles. The lowest BCUT2D eigenvalue weighted by atomic mass is 10.1. The second-order valence-corrected chi connectivity index (χ2v) is 7.11. The van der Waals surface area contributed by atoms with Gasteiger partial charge in [0.25, 0.3) is 0 Å². The number of hydrogen-bond acceptors (Lipinski definition) is 6. The maximum atomic E-state index is 12.5. The number of alkyl carbamates (subject to hydrolysis) is 1. The molecule has 0 aliphatic carbocycles. The summed E-state index contributed by atoms with van der Waals surface area (Å²) in [4.78, 5) is 23.2. The molecule has 7 nitrogen and oxygen atoms in total. The molecule has 1 fully saturated rings. The number of nitrogens with zero attached hydrogens (tertiary/aromatic N) is 4. The minimum atomic E-state index is -4.43. The first kappa shape index (κ1) is 20.2.